The Morgan fingerprint density at radius 3 is 2.25 bits per heavy atom. The first kappa shape index (κ1) is 7.60. The van der Waals surface area contributed by atoms with E-state index in [1.807, 2.05) is 7.05 Å². The first-order valence-electron chi connectivity index (χ1n) is 3.03. The number of hydrogen-bond acceptors (Lipinski definition) is 1. The second-order valence-corrected chi connectivity index (χ2v) is 2.34. The standard InChI is InChI=1S/C6H14BN/c1-5(2)4-6(7)8-3/h4-5,8H,7H2,1-3H3/b6-4-. The van der Waals surface area contributed by atoms with Crippen LogP contribution in [0, 0.1) is 5.92 Å². The molecule has 0 saturated heterocycles. The molecule has 0 spiro atoms. The Labute approximate surface area is 52.6 Å². The van der Waals surface area contributed by atoms with E-state index < -0.39 is 0 Å². The zero-order valence-electron chi connectivity index (χ0n) is 6.15. The number of rotatable bonds is 2. The molecule has 0 aliphatic heterocycles. The second kappa shape index (κ2) is 3.59. The number of allylic oxidation sites excluding steroid dienone is 1. The van der Waals surface area contributed by atoms with Gasteiger partial charge in [-0.05, 0) is 11.5 Å². The van der Waals surface area contributed by atoms with Crippen LogP contribution in [-0.4, -0.2) is 14.9 Å². The third kappa shape index (κ3) is 3.78. The molecule has 0 aliphatic rings. The van der Waals surface area contributed by atoms with Gasteiger partial charge >= 0.3 is 0 Å². The van der Waals surface area contributed by atoms with Crippen molar-refractivity contribution in [3.63, 3.8) is 0 Å². The van der Waals surface area contributed by atoms with E-state index in [1.165, 1.54) is 5.60 Å². The summed E-state index contributed by atoms with van der Waals surface area (Å²) in [6.07, 6.45) is 2.19. The number of hydrogen-bond donors (Lipinski definition) is 1. The fourth-order valence-corrected chi connectivity index (χ4v) is 0.583. The van der Waals surface area contributed by atoms with Crippen LogP contribution in [0.3, 0.4) is 0 Å². The summed E-state index contributed by atoms with van der Waals surface area (Å²) in [5.41, 5.74) is 1.25. The zero-order chi connectivity index (χ0) is 6.57. The molecule has 0 aromatic rings. The highest BCUT2D eigenvalue weighted by Gasteiger charge is 1.85. The molecular weight excluding hydrogens is 96.9 g/mol. The summed E-state index contributed by atoms with van der Waals surface area (Å²) in [7, 11) is 4.01. The van der Waals surface area contributed by atoms with Crippen LogP contribution in [0.4, 0.5) is 0 Å². The van der Waals surface area contributed by atoms with E-state index in [1.54, 1.807) is 0 Å². The topological polar surface area (TPSA) is 12.0 Å². The maximum Gasteiger partial charge on any atom is 0.159 e. The van der Waals surface area contributed by atoms with Gasteiger partial charge < -0.3 is 5.32 Å². The zero-order valence-corrected chi connectivity index (χ0v) is 6.15. The van der Waals surface area contributed by atoms with Crippen LogP contribution in [0.25, 0.3) is 0 Å². The molecule has 0 saturated carbocycles. The highest BCUT2D eigenvalue weighted by Crippen LogP contribution is 1.94. The van der Waals surface area contributed by atoms with Gasteiger partial charge in [0.05, 0.1) is 0 Å². The Morgan fingerprint density at radius 2 is 2.12 bits per heavy atom. The second-order valence-electron chi connectivity index (χ2n) is 2.34. The summed E-state index contributed by atoms with van der Waals surface area (Å²) in [6.45, 7) is 4.34. The largest absolute Gasteiger partial charge is 0.400 e. The van der Waals surface area contributed by atoms with E-state index in [2.05, 4.69) is 33.1 Å². The number of nitrogens with one attached hydrogen (secondary N) is 1. The van der Waals surface area contributed by atoms with Gasteiger partial charge in [-0.2, -0.15) is 0 Å². The van der Waals surface area contributed by atoms with Crippen molar-refractivity contribution < 1.29 is 0 Å². The van der Waals surface area contributed by atoms with Gasteiger partial charge in [0.2, 0.25) is 0 Å². The predicted molar refractivity (Wildman–Crippen MR) is 40.5 cm³/mol. The van der Waals surface area contributed by atoms with Crippen molar-refractivity contribution in [2.24, 2.45) is 5.92 Å². The van der Waals surface area contributed by atoms with Crippen molar-refractivity contribution in [3.8, 4) is 0 Å². The van der Waals surface area contributed by atoms with Crippen LogP contribution in [0.2, 0.25) is 0 Å². The maximum atomic E-state index is 3.06. The minimum absolute atomic E-state index is 0.655. The molecule has 0 rings (SSSR count). The quantitative estimate of drug-likeness (QED) is 0.506. The molecule has 2 heteroatoms. The van der Waals surface area contributed by atoms with Crippen LogP contribution < -0.4 is 5.32 Å². The van der Waals surface area contributed by atoms with Crippen LogP contribution in [0.15, 0.2) is 11.7 Å². The van der Waals surface area contributed by atoms with E-state index in [0.29, 0.717) is 5.92 Å². The summed E-state index contributed by atoms with van der Waals surface area (Å²) < 4.78 is 0. The minimum atomic E-state index is 0.655. The summed E-state index contributed by atoms with van der Waals surface area (Å²) in [5, 5.41) is 3.06. The van der Waals surface area contributed by atoms with Gasteiger partial charge in [0.25, 0.3) is 0 Å². The molecule has 46 valence electrons. The lowest BCUT2D eigenvalue weighted by Crippen LogP contribution is -2.05. The average Bonchev–Trinajstić information content (AvgIpc) is 1.65. The van der Waals surface area contributed by atoms with Gasteiger partial charge in [-0.25, -0.2) is 0 Å². The molecule has 0 amide bonds. The van der Waals surface area contributed by atoms with Crippen LogP contribution in [-0.2, 0) is 0 Å². The fraction of sp³-hybridized carbons (Fsp3) is 0.667. The summed E-state index contributed by atoms with van der Waals surface area (Å²) >= 11 is 0. The van der Waals surface area contributed by atoms with Gasteiger partial charge in [-0.15, -0.1) is 0 Å². The molecular formula is C6H14BN. The maximum absolute atomic E-state index is 3.06. The van der Waals surface area contributed by atoms with Gasteiger partial charge in [0.1, 0.15) is 0 Å². The Morgan fingerprint density at radius 1 is 1.62 bits per heavy atom. The van der Waals surface area contributed by atoms with Crippen LogP contribution in [0.1, 0.15) is 13.8 Å². The molecule has 1 nitrogen and oxygen atoms in total. The van der Waals surface area contributed by atoms with Gasteiger partial charge in [-0.1, -0.05) is 19.9 Å². The van der Waals surface area contributed by atoms with E-state index in [9.17, 15) is 0 Å². The van der Waals surface area contributed by atoms with Crippen molar-refractivity contribution >= 4 is 7.85 Å². The lowest BCUT2D eigenvalue weighted by atomic mass is 10.0. The third-order valence-electron chi connectivity index (χ3n) is 0.978. The Hall–Kier alpha value is -0.395. The molecule has 8 heavy (non-hydrogen) atoms. The minimum Gasteiger partial charge on any atom is -0.400 e. The molecule has 0 atom stereocenters. The summed E-state index contributed by atoms with van der Waals surface area (Å²) in [5.74, 6) is 0.655. The Kier molecular flexibility index (Phi) is 3.41. The van der Waals surface area contributed by atoms with Crippen molar-refractivity contribution in [2.75, 3.05) is 7.05 Å². The molecule has 0 radical (unpaired) electrons. The SMILES string of the molecule is B/C(=C/C(C)C)NC. The van der Waals surface area contributed by atoms with Crippen molar-refractivity contribution in [1.82, 2.24) is 5.32 Å². The van der Waals surface area contributed by atoms with E-state index in [-0.39, 0.29) is 0 Å². The molecule has 0 unspecified atom stereocenters. The molecule has 0 heterocycles. The fourth-order valence-electron chi connectivity index (χ4n) is 0.583. The first-order chi connectivity index (χ1) is 3.66. The summed E-state index contributed by atoms with van der Waals surface area (Å²) in [6, 6.07) is 0. The molecule has 0 aliphatic carbocycles. The monoisotopic (exact) mass is 111 g/mol. The van der Waals surface area contributed by atoms with Gasteiger partial charge in [0, 0.05) is 7.05 Å². The van der Waals surface area contributed by atoms with E-state index in [0.717, 1.165) is 0 Å². The van der Waals surface area contributed by atoms with E-state index >= 15 is 0 Å². The first-order valence-corrected chi connectivity index (χ1v) is 3.03. The molecule has 0 aromatic carbocycles. The molecule has 0 aromatic heterocycles. The van der Waals surface area contributed by atoms with Crippen molar-refractivity contribution in [2.45, 2.75) is 13.8 Å². The third-order valence-corrected chi connectivity index (χ3v) is 0.978. The van der Waals surface area contributed by atoms with E-state index in [4.69, 9.17) is 0 Å². The average molecular weight is 111 g/mol. The smallest absolute Gasteiger partial charge is 0.159 e. The molecule has 0 fully saturated rings. The van der Waals surface area contributed by atoms with Crippen molar-refractivity contribution in [1.29, 1.82) is 0 Å². The normalized spacial score (nSPS) is 12.2. The Bertz CT molecular complexity index is 86.5. The predicted octanol–water partition coefficient (Wildman–Crippen LogP) is 0.336. The van der Waals surface area contributed by atoms with Gasteiger partial charge in [0.15, 0.2) is 7.85 Å². The lowest BCUT2D eigenvalue weighted by Gasteiger charge is -2.00. The highest BCUT2D eigenvalue weighted by molar-refractivity contribution is 6.21. The van der Waals surface area contributed by atoms with Gasteiger partial charge in [-0.3, -0.25) is 0 Å². The summed E-state index contributed by atoms with van der Waals surface area (Å²) in [4.78, 5) is 0. The molecule has 0 bridgehead atoms. The lowest BCUT2D eigenvalue weighted by molar-refractivity contribution is 0.817. The highest BCUT2D eigenvalue weighted by atomic mass is 14.8. The Balaban J connectivity index is 3.56. The van der Waals surface area contributed by atoms with Crippen LogP contribution >= 0.6 is 0 Å². The van der Waals surface area contributed by atoms with Crippen molar-refractivity contribution in [3.05, 3.63) is 11.7 Å². The molecule has 1 N–H and O–H groups in total. The van der Waals surface area contributed by atoms with Crippen LogP contribution in [0.5, 0.6) is 0 Å².